The third-order valence-electron chi connectivity index (χ3n) is 4.64. The first kappa shape index (κ1) is 20.5. The van der Waals surface area contributed by atoms with Gasteiger partial charge in [-0.1, -0.05) is 6.08 Å². The van der Waals surface area contributed by atoms with E-state index in [1.54, 1.807) is 37.8 Å². The highest BCUT2D eigenvalue weighted by molar-refractivity contribution is 5.75. The van der Waals surface area contributed by atoms with Crippen molar-refractivity contribution < 1.29 is 32.2 Å². The Kier molecular flexibility index (Phi) is 5.36. The SMILES string of the molecule is COc1cc(C2=CC3COCC(C2)N3C(=O)OC(C)(C)C)cc(C(F)(F)F)c1. The number of morpholine rings is 1. The number of ether oxygens (including phenoxy) is 3. The molecule has 0 aromatic heterocycles. The van der Waals surface area contributed by atoms with Crippen molar-refractivity contribution in [3.63, 3.8) is 0 Å². The van der Waals surface area contributed by atoms with Crippen LogP contribution in [0, 0.1) is 0 Å². The van der Waals surface area contributed by atoms with Crippen LogP contribution in [0.5, 0.6) is 5.75 Å². The Morgan fingerprint density at radius 1 is 1.18 bits per heavy atom. The van der Waals surface area contributed by atoms with Gasteiger partial charge in [-0.2, -0.15) is 13.2 Å². The highest BCUT2D eigenvalue weighted by atomic mass is 19.4. The summed E-state index contributed by atoms with van der Waals surface area (Å²) in [5, 5.41) is 0. The molecule has 2 bridgehead atoms. The Labute approximate surface area is 162 Å². The number of benzene rings is 1. The maximum Gasteiger partial charge on any atom is 0.416 e. The minimum atomic E-state index is -4.47. The van der Waals surface area contributed by atoms with E-state index in [1.165, 1.54) is 7.11 Å². The molecule has 154 valence electrons. The van der Waals surface area contributed by atoms with Gasteiger partial charge in [0.05, 0.1) is 38.0 Å². The van der Waals surface area contributed by atoms with E-state index in [-0.39, 0.29) is 18.4 Å². The predicted octanol–water partition coefficient (Wildman–Crippen LogP) is 4.51. The summed E-state index contributed by atoms with van der Waals surface area (Å²) < 4.78 is 55.8. The van der Waals surface area contributed by atoms with Crippen LogP contribution < -0.4 is 4.74 Å². The van der Waals surface area contributed by atoms with Crippen molar-refractivity contribution in [2.75, 3.05) is 20.3 Å². The van der Waals surface area contributed by atoms with E-state index in [0.717, 1.165) is 17.7 Å². The fraction of sp³-hybridized carbons (Fsp3) is 0.550. The van der Waals surface area contributed by atoms with Crippen LogP contribution in [0.2, 0.25) is 0 Å². The molecule has 1 aromatic rings. The largest absolute Gasteiger partial charge is 0.497 e. The van der Waals surface area contributed by atoms with Gasteiger partial charge in [-0.3, -0.25) is 4.90 Å². The van der Waals surface area contributed by atoms with E-state index in [9.17, 15) is 18.0 Å². The second kappa shape index (κ2) is 7.31. The summed E-state index contributed by atoms with van der Waals surface area (Å²) in [5.41, 5.74) is -0.223. The van der Waals surface area contributed by atoms with Crippen LogP contribution in [-0.4, -0.2) is 49.0 Å². The number of halogens is 3. The standard InChI is InChI=1S/C20H24F3NO4/c1-19(2,3)28-18(25)24-15-6-13(7-16(24)11-27-10-15)12-5-14(20(21,22)23)9-17(8-12)26-4/h5-6,8-9,15-16H,7,10-11H2,1-4H3. The molecule has 0 aliphatic carbocycles. The molecule has 1 amide bonds. The van der Waals surface area contributed by atoms with Crippen LogP contribution in [0.15, 0.2) is 24.3 Å². The maximum atomic E-state index is 13.2. The lowest BCUT2D eigenvalue weighted by Crippen LogP contribution is -2.57. The molecule has 3 rings (SSSR count). The first-order chi connectivity index (χ1) is 13.0. The number of rotatable bonds is 2. The Hall–Kier alpha value is -2.22. The molecule has 2 unspecified atom stereocenters. The van der Waals surface area contributed by atoms with Crippen molar-refractivity contribution in [2.24, 2.45) is 0 Å². The topological polar surface area (TPSA) is 48.0 Å². The van der Waals surface area contributed by atoms with E-state index >= 15 is 0 Å². The van der Waals surface area contributed by atoms with Crippen molar-refractivity contribution in [3.05, 3.63) is 35.4 Å². The summed E-state index contributed by atoms with van der Waals surface area (Å²) in [4.78, 5) is 14.2. The summed E-state index contributed by atoms with van der Waals surface area (Å²) in [7, 11) is 1.33. The Balaban J connectivity index is 1.94. The molecule has 1 fully saturated rings. The molecule has 2 aliphatic heterocycles. The number of hydrogen-bond donors (Lipinski definition) is 0. The first-order valence-corrected chi connectivity index (χ1v) is 9.04. The molecule has 2 aliphatic rings. The molecule has 0 radical (unpaired) electrons. The molecule has 5 nitrogen and oxygen atoms in total. The van der Waals surface area contributed by atoms with Crippen LogP contribution >= 0.6 is 0 Å². The highest BCUT2D eigenvalue weighted by Crippen LogP contribution is 2.38. The van der Waals surface area contributed by atoms with Crippen molar-refractivity contribution in [1.82, 2.24) is 4.90 Å². The van der Waals surface area contributed by atoms with Gasteiger partial charge in [-0.25, -0.2) is 4.79 Å². The van der Waals surface area contributed by atoms with E-state index in [2.05, 4.69) is 0 Å². The third-order valence-corrected chi connectivity index (χ3v) is 4.64. The van der Waals surface area contributed by atoms with Gasteiger partial charge in [0, 0.05) is 0 Å². The van der Waals surface area contributed by atoms with Gasteiger partial charge in [-0.15, -0.1) is 0 Å². The number of hydrogen-bond acceptors (Lipinski definition) is 4. The van der Waals surface area contributed by atoms with E-state index in [1.807, 2.05) is 0 Å². The van der Waals surface area contributed by atoms with Crippen LogP contribution in [0.1, 0.15) is 38.3 Å². The van der Waals surface area contributed by atoms with Crippen molar-refractivity contribution >= 4 is 11.7 Å². The molecular formula is C20H24F3NO4. The van der Waals surface area contributed by atoms with Gasteiger partial charge in [0.1, 0.15) is 11.4 Å². The van der Waals surface area contributed by atoms with Crippen molar-refractivity contribution in [3.8, 4) is 5.75 Å². The number of methoxy groups -OCH3 is 1. The molecule has 0 spiro atoms. The maximum absolute atomic E-state index is 13.2. The van der Waals surface area contributed by atoms with Gasteiger partial charge < -0.3 is 14.2 Å². The van der Waals surface area contributed by atoms with E-state index in [4.69, 9.17) is 14.2 Å². The predicted molar refractivity (Wildman–Crippen MR) is 97.1 cm³/mol. The zero-order valence-corrected chi connectivity index (χ0v) is 16.3. The highest BCUT2D eigenvalue weighted by Gasteiger charge is 2.40. The zero-order valence-electron chi connectivity index (χ0n) is 16.3. The smallest absolute Gasteiger partial charge is 0.416 e. The van der Waals surface area contributed by atoms with Crippen LogP contribution in [0.3, 0.4) is 0 Å². The van der Waals surface area contributed by atoms with Gasteiger partial charge >= 0.3 is 12.3 Å². The van der Waals surface area contributed by atoms with Crippen molar-refractivity contribution in [2.45, 2.75) is 51.1 Å². The van der Waals surface area contributed by atoms with E-state index in [0.29, 0.717) is 18.6 Å². The van der Waals surface area contributed by atoms with Gasteiger partial charge in [0.25, 0.3) is 0 Å². The lowest BCUT2D eigenvalue weighted by molar-refractivity contribution is -0.137. The van der Waals surface area contributed by atoms with Crippen LogP contribution in [0.4, 0.5) is 18.0 Å². The minimum absolute atomic E-state index is 0.140. The zero-order chi connectivity index (χ0) is 20.7. The summed E-state index contributed by atoms with van der Waals surface area (Å²) in [6.45, 7) is 5.95. The molecule has 1 aromatic carbocycles. The van der Waals surface area contributed by atoms with Gasteiger partial charge in [-0.05, 0) is 56.5 Å². The second-order valence-corrected chi connectivity index (χ2v) is 7.99. The van der Waals surface area contributed by atoms with Gasteiger partial charge in [0.15, 0.2) is 0 Å². The fourth-order valence-corrected chi connectivity index (χ4v) is 3.48. The normalized spacial score (nSPS) is 22.5. The Morgan fingerprint density at radius 2 is 1.89 bits per heavy atom. The quantitative estimate of drug-likeness (QED) is 0.735. The first-order valence-electron chi connectivity index (χ1n) is 9.04. The lowest BCUT2D eigenvalue weighted by atomic mass is 9.89. The number of amides is 1. The molecule has 8 heteroatoms. The minimum Gasteiger partial charge on any atom is -0.497 e. The average Bonchev–Trinajstić information content (AvgIpc) is 2.57. The molecule has 2 atom stereocenters. The van der Waals surface area contributed by atoms with Crippen LogP contribution in [0.25, 0.3) is 5.57 Å². The molecule has 2 heterocycles. The molecule has 0 saturated carbocycles. The monoisotopic (exact) mass is 399 g/mol. The Bertz CT molecular complexity index is 783. The summed E-state index contributed by atoms with van der Waals surface area (Å²) in [6, 6.07) is 2.99. The number of carbonyl (C=O) groups is 1. The number of alkyl halides is 3. The molecular weight excluding hydrogens is 375 g/mol. The molecule has 0 N–H and O–H groups in total. The van der Waals surface area contributed by atoms with Gasteiger partial charge in [0.2, 0.25) is 0 Å². The third kappa shape index (κ3) is 4.43. The van der Waals surface area contributed by atoms with E-state index < -0.39 is 29.5 Å². The summed E-state index contributed by atoms with van der Waals surface area (Å²) in [5.74, 6) is 0.140. The number of nitrogens with zero attached hydrogens (tertiary/aromatic N) is 1. The molecule has 1 saturated heterocycles. The van der Waals surface area contributed by atoms with Crippen molar-refractivity contribution in [1.29, 1.82) is 0 Å². The lowest BCUT2D eigenvalue weighted by Gasteiger charge is -2.44. The summed E-state index contributed by atoms with van der Waals surface area (Å²) >= 11 is 0. The number of fused-ring (bicyclic) bond motifs is 2. The average molecular weight is 399 g/mol. The Morgan fingerprint density at radius 3 is 2.46 bits per heavy atom. The molecule has 28 heavy (non-hydrogen) atoms. The fourth-order valence-electron chi connectivity index (χ4n) is 3.48. The van der Waals surface area contributed by atoms with Crippen LogP contribution in [-0.2, 0) is 15.7 Å². The second-order valence-electron chi connectivity index (χ2n) is 7.99. The summed E-state index contributed by atoms with van der Waals surface area (Å²) in [6.07, 6.45) is -2.75. The number of carbonyl (C=O) groups excluding carboxylic acids is 1.